The van der Waals surface area contributed by atoms with Crippen molar-refractivity contribution in [3.8, 4) is 11.5 Å². The average molecular weight is 496 g/mol. The van der Waals surface area contributed by atoms with E-state index in [1.165, 1.54) is 13.2 Å². The van der Waals surface area contributed by atoms with E-state index >= 15 is 4.39 Å². The molecule has 1 atom stereocenters. The summed E-state index contributed by atoms with van der Waals surface area (Å²) in [4.78, 5) is 2.27. The van der Waals surface area contributed by atoms with Gasteiger partial charge in [0.15, 0.2) is 11.5 Å². The number of hydrogen-bond acceptors (Lipinski definition) is 5. The van der Waals surface area contributed by atoms with Crippen molar-refractivity contribution in [1.29, 1.82) is 0 Å². The molecule has 7 heteroatoms. The first-order valence-electron chi connectivity index (χ1n) is 11.6. The highest BCUT2D eigenvalue weighted by molar-refractivity contribution is 7.95. The van der Waals surface area contributed by atoms with E-state index in [0.29, 0.717) is 42.1 Å². The zero-order valence-electron chi connectivity index (χ0n) is 20.4. The molecule has 0 N–H and O–H groups in total. The molecule has 1 unspecified atom stereocenters. The number of fused-ring (bicyclic) bond motifs is 1. The highest BCUT2D eigenvalue weighted by atomic mass is 32.2. The lowest BCUT2D eigenvalue weighted by atomic mass is 9.85. The molecule has 0 spiro atoms. The number of likely N-dealkylation sites (N-methyl/N-ethyl adjacent to an activating group) is 1. The summed E-state index contributed by atoms with van der Waals surface area (Å²) in [6.07, 6.45) is 2.33. The molecule has 3 aromatic carbocycles. The van der Waals surface area contributed by atoms with Gasteiger partial charge in [-0.05, 0) is 61.7 Å². The van der Waals surface area contributed by atoms with E-state index in [0.717, 1.165) is 11.1 Å². The fraction of sp³-hybridized carbons (Fsp3) is 0.286. The maximum Gasteiger partial charge on any atom is 0.205 e. The maximum atomic E-state index is 15.3. The second-order valence-electron chi connectivity index (χ2n) is 8.59. The summed E-state index contributed by atoms with van der Waals surface area (Å²) in [6.45, 7) is 5.10. The number of nitrogens with zero attached hydrogens (tertiary/aromatic N) is 1. The Bertz CT molecular complexity index is 1350. The van der Waals surface area contributed by atoms with Crippen LogP contribution in [-0.2, 0) is 16.3 Å². The molecule has 1 heterocycles. The normalized spacial score (nSPS) is 17.6. The molecular weight excluding hydrogens is 465 g/mol. The summed E-state index contributed by atoms with van der Waals surface area (Å²) in [7, 11) is -0.878. The molecule has 0 radical (unpaired) electrons. The van der Waals surface area contributed by atoms with Crippen LogP contribution in [0.25, 0.3) is 0 Å². The molecule has 0 saturated carbocycles. The number of benzene rings is 3. The van der Waals surface area contributed by atoms with E-state index in [4.69, 9.17) is 9.47 Å². The minimum atomic E-state index is -3.97. The molecule has 5 nitrogen and oxygen atoms in total. The molecule has 4 rings (SSSR count). The Morgan fingerprint density at radius 3 is 2.26 bits per heavy atom. The maximum absolute atomic E-state index is 15.3. The van der Waals surface area contributed by atoms with E-state index < -0.39 is 21.6 Å². The van der Waals surface area contributed by atoms with Crippen molar-refractivity contribution in [2.45, 2.75) is 31.1 Å². The third-order valence-corrected chi connectivity index (χ3v) is 8.34. The van der Waals surface area contributed by atoms with Crippen molar-refractivity contribution in [1.82, 2.24) is 4.90 Å². The number of allylic oxidation sites excluding steroid dienone is 1. The molecular formula is C28H30FNO4S. The van der Waals surface area contributed by atoms with Gasteiger partial charge in [0.05, 0.1) is 29.9 Å². The molecule has 35 heavy (non-hydrogen) atoms. The average Bonchev–Trinajstić information content (AvgIpc) is 2.85. The summed E-state index contributed by atoms with van der Waals surface area (Å²) in [5.74, 6) is -0.319. The molecule has 0 amide bonds. The van der Waals surface area contributed by atoms with Crippen molar-refractivity contribution in [3.63, 3.8) is 0 Å². The summed E-state index contributed by atoms with van der Waals surface area (Å²) < 4.78 is 54.7. The standard InChI is InChI=1S/C28H30FNO4S/c1-5-30-15-14-20-16-25(33-3)26(34-4)17-23(20)28(22-8-6-7-9-24(22)29)27(18-30)35(31,32)21-12-10-19(2)11-13-21/h6-13,16-18,28H,5,14-15H2,1-4H3/b27-18+. The van der Waals surface area contributed by atoms with E-state index in [2.05, 4.69) is 0 Å². The Hall–Kier alpha value is -3.32. The van der Waals surface area contributed by atoms with Crippen LogP contribution in [0.15, 0.2) is 76.7 Å². The fourth-order valence-corrected chi connectivity index (χ4v) is 6.13. The fourth-order valence-electron chi connectivity index (χ4n) is 4.52. The molecule has 0 bridgehead atoms. The van der Waals surface area contributed by atoms with Crippen molar-refractivity contribution in [2.75, 3.05) is 27.3 Å². The van der Waals surface area contributed by atoms with Gasteiger partial charge < -0.3 is 14.4 Å². The Morgan fingerprint density at radius 1 is 0.971 bits per heavy atom. The number of sulfone groups is 1. The smallest absolute Gasteiger partial charge is 0.205 e. The quantitative estimate of drug-likeness (QED) is 0.454. The lowest BCUT2D eigenvalue weighted by Crippen LogP contribution is -2.27. The van der Waals surface area contributed by atoms with Gasteiger partial charge >= 0.3 is 0 Å². The molecule has 0 fully saturated rings. The Balaban J connectivity index is 2.06. The summed E-state index contributed by atoms with van der Waals surface area (Å²) >= 11 is 0. The summed E-state index contributed by atoms with van der Waals surface area (Å²) in [5.41, 5.74) is 2.82. The Kier molecular flexibility index (Phi) is 7.17. The van der Waals surface area contributed by atoms with E-state index in [-0.39, 0.29) is 9.80 Å². The van der Waals surface area contributed by atoms with Crippen LogP contribution in [0.2, 0.25) is 0 Å². The largest absolute Gasteiger partial charge is 0.493 e. The van der Waals surface area contributed by atoms with Crippen LogP contribution in [-0.4, -0.2) is 40.6 Å². The van der Waals surface area contributed by atoms with Crippen LogP contribution in [0.4, 0.5) is 4.39 Å². The minimum absolute atomic E-state index is 0.126. The Labute approximate surface area is 206 Å². The minimum Gasteiger partial charge on any atom is -0.493 e. The van der Waals surface area contributed by atoms with E-state index in [9.17, 15) is 8.42 Å². The van der Waals surface area contributed by atoms with Gasteiger partial charge in [0.1, 0.15) is 5.82 Å². The number of ether oxygens (including phenoxy) is 2. The van der Waals surface area contributed by atoms with Crippen LogP contribution < -0.4 is 9.47 Å². The number of halogens is 1. The van der Waals surface area contributed by atoms with Gasteiger partial charge in [-0.1, -0.05) is 35.9 Å². The van der Waals surface area contributed by atoms with Gasteiger partial charge in [0, 0.05) is 24.9 Å². The summed E-state index contributed by atoms with van der Waals surface area (Å²) in [6, 6.07) is 16.8. The first kappa shape index (κ1) is 24.8. The Morgan fingerprint density at radius 2 is 1.63 bits per heavy atom. The van der Waals surface area contributed by atoms with E-state index in [1.807, 2.05) is 24.8 Å². The zero-order chi connectivity index (χ0) is 25.2. The monoisotopic (exact) mass is 495 g/mol. The number of rotatable bonds is 6. The zero-order valence-corrected chi connectivity index (χ0v) is 21.2. The van der Waals surface area contributed by atoms with Crippen LogP contribution in [0.3, 0.4) is 0 Å². The van der Waals surface area contributed by atoms with Gasteiger partial charge in [-0.2, -0.15) is 0 Å². The van der Waals surface area contributed by atoms with Crippen molar-refractivity contribution >= 4 is 9.84 Å². The SMILES string of the molecule is CCN1/C=C(/S(=O)(=O)c2ccc(C)cc2)C(c2ccccc2F)c2cc(OC)c(OC)cc2CC1. The van der Waals surface area contributed by atoms with Gasteiger partial charge in [-0.3, -0.25) is 0 Å². The number of aryl methyl sites for hydroxylation is 1. The highest BCUT2D eigenvalue weighted by Gasteiger charge is 2.36. The van der Waals surface area contributed by atoms with Gasteiger partial charge in [0.2, 0.25) is 9.84 Å². The summed E-state index contributed by atoms with van der Waals surface area (Å²) in [5, 5.41) is 0. The van der Waals surface area contributed by atoms with Crippen molar-refractivity contribution < 1.29 is 22.3 Å². The lowest BCUT2D eigenvalue weighted by molar-refractivity contribution is 0.352. The van der Waals surface area contributed by atoms with Gasteiger partial charge in [-0.25, -0.2) is 12.8 Å². The van der Waals surface area contributed by atoms with Crippen LogP contribution in [0.5, 0.6) is 11.5 Å². The third kappa shape index (κ3) is 4.78. The molecule has 184 valence electrons. The number of methoxy groups -OCH3 is 2. The predicted octanol–water partition coefficient (Wildman–Crippen LogP) is 5.48. The second-order valence-corrected chi connectivity index (χ2v) is 10.5. The molecule has 0 saturated heterocycles. The van der Waals surface area contributed by atoms with Crippen LogP contribution in [0, 0.1) is 12.7 Å². The second kappa shape index (κ2) is 10.1. The predicted molar refractivity (Wildman–Crippen MR) is 135 cm³/mol. The highest BCUT2D eigenvalue weighted by Crippen LogP contribution is 2.44. The molecule has 1 aliphatic heterocycles. The van der Waals surface area contributed by atoms with Crippen molar-refractivity contribution in [3.05, 3.63) is 99.8 Å². The molecule has 3 aromatic rings. The van der Waals surface area contributed by atoms with Crippen LogP contribution in [0.1, 0.15) is 35.1 Å². The number of hydrogen-bond donors (Lipinski definition) is 0. The van der Waals surface area contributed by atoms with Gasteiger partial charge in [-0.15, -0.1) is 0 Å². The lowest BCUT2D eigenvalue weighted by Gasteiger charge is -2.31. The molecule has 0 aromatic heterocycles. The van der Waals surface area contributed by atoms with Crippen LogP contribution >= 0.6 is 0 Å². The third-order valence-electron chi connectivity index (χ3n) is 6.48. The first-order chi connectivity index (χ1) is 16.8. The topological polar surface area (TPSA) is 55.8 Å². The first-order valence-corrected chi connectivity index (χ1v) is 13.0. The van der Waals surface area contributed by atoms with E-state index in [1.54, 1.807) is 61.8 Å². The van der Waals surface area contributed by atoms with Gasteiger partial charge in [0.25, 0.3) is 0 Å². The molecule has 1 aliphatic rings. The molecule has 0 aliphatic carbocycles. The van der Waals surface area contributed by atoms with Crippen molar-refractivity contribution in [2.24, 2.45) is 0 Å².